The molecule has 2 aromatic carbocycles. The second-order valence-corrected chi connectivity index (χ2v) is 6.52. The average molecular weight is 348 g/mol. The fraction of sp³-hybridized carbons (Fsp3) is 0.316. The number of methoxy groups -OCH3 is 2. The van der Waals surface area contributed by atoms with Gasteiger partial charge in [-0.3, -0.25) is 4.79 Å². The number of ether oxygens (including phenoxy) is 2. The highest BCUT2D eigenvalue weighted by Gasteiger charge is 2.30. The minimum atomic E-state index is -0.717. The van der Waals surface area contributed by atoms with E-state index in [1.54, 1.807) is 20.3 Å². The summed E-state index contributed by atoms with van der Waals surface area (Å²) in [5.74, 6) is 1.15. The van der Waals surface area contributed by atoms with Gasteiger partial charge in [-0.05, 0) is 50.1 Å². The van der Waals surface area contributed by atoms with E-state index < -0.39 is 5.41 Å². The molecule has 0 aliphatic rings. The summed E-state index contributed by atoms with van der Waals surface area (Å²) in [6, 6.07) is 11.0. The molecule has 0 heterocycles. The van der Waals surface area contributed by atoms with Crippen molar-refractivity contribution in [3.63, 3.8) is 0 Å². The molecule has 0 spiro atoms. The summed E-state index contributed by atoms with van der Waals surface area (Å²) < 4.78 is 10.5. The van der Waals surface area contributed by atoms with Crippen LogP contribution in [0.5, 0.6) is 11.5 Å². The van der Waals surface area contributed by atoms with E-state index in [9.17, 15) is 4.79 Å². The molecule has 2 rings (SSSR count). The van der Waals surface area contributed by atoms with E-state index >= 15 is 0 Å². The molecule has 5 heteroatoms. The molecule has 0 bridgehead atoms. The van der Waals surface area contributed by atoms with Crippen molar-refractivity contribution in [1.82, 2.24) is 0 Å². The fourth-order valence-electron chi connectivity index (χ4n) is 2.35. The lowest BCUT2D eigenvalue weighted by molar-refractivity contribution is -0.120. The maximum absolute atomic E-state index is 12.8. The predicted molar refractivity (Wildman–Crippen MR) is 97.4 cm³/mol. The molecule has 24 heavy (non-hydrogen) atoms. The van der Waals surface area contributed by atoms with Crippen molar-refractivity contribution in [3.8, 4) is 11.5 Å². The average Bonchev–Trinajstić information content (AvgIpc) is 2.57. The molecule has 128 valence electrons. The van der Waals surface area contributed by atoms with Crippen LogP contribution in [0.4, 0.5) is 5.69 Å². The van der Waals surface area contributed by atoms with Gasteiger partial charge in [-0.25, -0.2) is 0 Å². The van der Waals surface area contributed by atoms with E-state index in [4.69, 9.17) is 21.1 Å². The second kappa shape index (κ2) is 7.14. The van der Waals surface area contributed by atoms with Crippen LogP contribution in [0.15, 0.2) is 36.4 Å². The van der Waals surface area contributed by atoms with Gasteiger partial charge in [0.25, 0.3) is 0 Å². The van der Waals surface area contributed by atoms with Crippen molar-refractivity contribution in [3.05, 3.63) is 52.5 Å². The number of aryl methyl sites for hydroxylation is 1. The molecule has 0 aliphatic carbocycles. The van der Waals surface area contributed by atoms with E-state index in [1.165, 1.54) is 0 Å². The Labute approximate surface area is 147 Å². The number of halogens is 1. The number of benzene rings is 2. The zero-order valence-corrected chi connectivity index (χ0v) is 15.3. The topological polar surface area (TPSA) is 47.6 Å². The van der Waals surface area contributed by atoms with Crippen LogP contribution in [-0.2, 0) is 10.2 Å². The first-order chi connectivity index (χ1) is 11.3. The van der Waals surface area contributed by atoms with Crippen LogP contribution >= 0.6 is 11.6 Å². The Kier molecular flexibility index (Phi) is 5.40. The number of carbonyl (C=O) groups is 1. The van der Waals surface area contributed by atoms with E-state index in [2.05, 4.69) is 5.32 Å². The van der Waals surface area contributed by atoms with E-state index in [1.807, 2.05) is 51.1 Å². The third-order valence-corrected chi connectivity index (χ3v) is 4.52. The van der Waals surface area contributed by atoms with Gasteiger partial charge in [0, 0.05) is 11.1 Å². The first kappa shape index (κ1) is 18.1. The smallest absolute Gasteiger partial charge is 0.234 e. The summed E-state index contributed by atoms with van der Waals surface area (Å²) in [4.78, 5) is 12.8. The summed E-state index contributed by atoms with van der Waals surface area (Å²) >= 11 is 6.11. The van der Waals surface area contributed by atoms with Crippen molar-refractivity contribution in [2.24, 2.45) is 0 Å². The van der Waals surface area contributed by atoms with Crippen LogP contribution in [0.25, 0.3) is 0 Å². The Hall–Kier alpha value is -2.20. The standard InChI is InChI=1S/C19H22ClNO3/c1-12-10-16(17(24-5)11-15(12)20)21-18(22)19(2,3)13-6-8-14(23-4)9-7-13/h6-11H,1-5H3,(H,21,22). The molecule has 1 amide bonds. The van der Waals surface area contributed by atoms with Crippen LogP contribution in [0.1, 0.15) is 25.0 Å². The summed E-state index contributed by atoms with van der Waals surface area (Å²) in [5, 5.41) is 3.54. The Bertz CT molecular complexity index is 739. The molecular weight excluding hydrogens is 326 g/mol. The van der Waals surface area contributed by atoms with Crippen molar-refractivity contribution in [2.45, 2.75) is 26.2 Å². The molecular formula is C19H22ClNO3. The number of carbonyl (C=O) groups excluding carboxylic acids is 1. The highest BCUT2D eigenvalue weighted by atomic mass is 35.5. The zero-order chi connectivity index (χ0) is 17.9. The van der Waals surface area contributed by atoms with Crippen molar-refractivity contribution in [2.75, 3.05) is 19.5 Å². The molecule has 0 unspecified atom stereocenters. The molecule has 0 atom stereocenters. The molecule has 0 fully saturated rings. The number of amides is 1. The van der Waals surface area contributed by atoms with E-state index in [0.29, 0.717) is 16.5 Å². The fourth-order valence-corrected chi connectivity index (χ4v) is 2.50. The monoisotopic (exact) mass is 347 g/mol. The number of hydrogen-bond donors (Lipinski definition) is 1. The normalized spacial score (nSPS) is 11.1. The number of rotatable bonds is 5. The Balaban J connectivity index is 2.29. The molecule has 0 aliphatic heterocycles. The molecule has 0 radical (unpaired) electrons. The molecule has 4 nitrogen and oxygen atoms in total. The summed E-state index contributed by atoms with van der Waals surface area (Å²) in [5.41, 5.74) is 1.65. The lowest BCUT2D eigenvalue weighted by Gasteiger charge is -2.25. The van der Waals surface area contributed by atoms with Crippen molar-refractivity contribution >= 4 is 23.2 Å². The first-order valence-corrected chi connectivity index (χ1v) is 7.97. The van der Waals surface area contributed by atoms with Crippen LogP contribution in [0.2, 0.25) is 5.02 Å². The molecule has 2 aromatic rings. The predicted octanol–water partition coefficient (Wildman–Crippen LogP) is 4.58. The van der Waals surface area contributed by atoms with Crippen LogP contribution in [0.3, 0.4) is 0 Å². The van der Waals surface area contributed by atoms with E-state index in [-0.39, 0.29) is 5.91 Å². The molecule has 0 saturated heterocycles. The third kappa shape index (κ3) is 3.65. The first-order valence-electron chi connectivity index (χ1n) is 7.59. The maximum Gasteiger partial charge on any atom is 0.234 e. The highest BCUT2D eigenvalue weighted by molar-refractivity contribution is 6.31. The van der Waals surface area contributed by atoms with Gasteiger partial charge in [0.15, 0.2) is 0 Å². The largest absolute Gasteiger partial charge is 0.497 e. The molecule has 0 saturated carbocycles. The summed E-state index contributed by atoms with van der Waals surface area (Å²) in [6.07, 6.45) is 0. The van der Waals surface area contributed by atoms with E-state index in [0.717, 1.165) is 16.9 Å². The maximum atomic E-state index is 12.8. The van der Waals surface area contributed by atoms with Crippen LogP contribution in [-0.4, -0.2) is 20.1 Å². The Morgan fingerprint density at radius 2 is 1.71 bits per heavy atom. The minimum absolute atomic E-state index is 0.132. The lowest BCUT2D eigenvalue weighted by atomic mass is 9.83. The second-order valence-electron chi connectivity index (χ2n) is 6.11. The Morgan fingerprint density at radius 3 is 2.25 bits per heavy atom. The molecule has 0 aromatic heterocycles. The van der Waals surface area contributed by atoms with Gasteiger partial charge in [-0.15, -0.1) is 0 Å². The SMILES string of the molecule is COc1ccc(C(C)(C)C(=O)Nc2cc(C)c(Cl)cc2OC)cc1. The quantitative estimate of drug-likeness (QED) is 0.861. The van der Waals surface area contributed by atoms with Gasteiger partial charge in [0.05, 0.1) is 25.3 Å². The van der Waals surface area contributed by atoms with Crippen molar-refractivity contribution < 1.29 is 14.3 Å². The Morgan fingerprint density at radius 1 is 1.08 bits per heavy atom. The van der Waals surface area contributed by atoms with Gasteiger partial charge >= 0.3 is 0 Å². The van der Waals surface area contributed by atoms with Gasteiger partial charge in [0.1, 0.15) is 11.5 Å². The van der Waals surface area contributed by atoms with Gasteiger partial charge in [0.2, 0.25) is 5.91 Å². The number of hydrogen-bond acceptors (Lipinski definition) is 3. The number of nitrogens with one attached hydrogen (secondary N) is 1. The highest BCUT2D eigenvalue weighted by Crippen LogP contribution is 2.33. The third-order valence-electron chi connectivity index (χ3n) is 4.11. The van der Waals surface area contributed by atoms with Gasteiger partial charge in [-0.2, -0.15) is 0 Å². The van der Waals surface area contributed by atoms with Crippen LogP contribution < -0.4 is 14.8 Å². The van der Waals surface area contributed by atoms with Crippen molar-refractivity contribution in [1.29, 1.82) is 0 Å². The summed E-state index contributed by atoms with van der Waals surface area (Å²) in [6.45, 7) is 5.63. The van der Waals surface area contributed by atoms with Gasteiger partial charge in [-0.1, -0.05) is 23.7 Å². The minimum Gasteiger partial charge on any atom is -0.497 e. The summed E-state index contributed by atoms with van der Waals surface area (Å²) in [7, 11) is 3.16. The lowest BCUT2D eigenvalue weighted by Crippen LogP contribution is -2.34. The zero-order valence-electron chi connectivity index (χ0n) is 14.6. The number of anilines is 1. The molecule has 1 N–H and O–H groups in total. The van der Waals surface area contributed by atoms with Gasteiger partial charge < -0.3 is 14.8 Å². The van der Waals surface area contributed by atoms with Crippen LogP contribution in [0, 0.1) is 6.92 Å².